The molecule has 0 bridgehead atoms. The molecule has 0 amide bonds. The third-order valence-corrected chi connectivity index (χ3v) is 4.77. The predicted molar refractivity (Wildman–Crippen MR) is 78.3 cm³/mol. The molecule has 0 aliphatic rings. The van der Waals surface area contributed by atoms with Gasteiger partial charge in [0.1, 0.15) is 0 Å². The number of benzene rings is 1. The van der Waals surface area contributed by atoms with Crippen LogP contribution in [0.2, 0.25) is 0 Å². The van der Waals surface area contributed by atoms with E-state index in [0.29, 0.717) is 0 Å². The van der Waals surface area contributed by atoms with Gasteiger partial charge in [-0.05, 0) is 37.0 Å². The summed E-state index contributed by atoms with van der Waals surface area (Å²) in [4.78, 5) is 0.288. The zero-order valence-electron chi connectivity index (χ0n) is 12.1. The van der Waals surface area contributed by atoms with Crippen molar-refractivity contribution in [3.63, 3.8) is 0 Å². The minimum Gasteiger partial charge on any atom is -0.324 e. The lowest BCUT2D eigenvalue weighted by atomic mass is 10.0. The summed E-state index contributed by atoms with van der Waals surface area (Å²) in [5, 5.41) is 0. The van der Waals surface area contributed by atoms with Crippen molar-refractivity contribution >= 4 is 10.0 Å². The summed E-state index contributed by atoms with van der Waals surface area (Å²) in [6.45, 7) is 7.87. The Morgan fingerprint density at radius 3 is 2.05 bits per heavy atom. The molecule has 0 aliphatic heterocycles. The minimum absolute atomic E-state index is 0.0434. The Hall–Kier alpha value is -0.910. The summed E-state index contributed by atoms with van der Waals surface area (Å²) < 4.78 is 27.2. The Bertz CT molecular complexity index is 493. The van der Waals surface area contributed by atoms with Crippen LogP contribution in [0.4, 0.5) is 0 Å². The van der Waals surface area contributed by atoms with E-state index < -0.39 is 10.0 Å². The van der Waals surface area contributed by atoms with Crippen LogP contribution in [0.25, 0.3) is 0 Å². The Kier molecular flexibility index (Phi) is 5.52. The minimum atomic E-state index is -3.45. The number of hydrogen-bond donors (Lipinski definition) is 2. The quantitative estimate of drug-likeness (QED) is 0.842. The van der Waals surface area contributed by atoms with E-state index in [0.717, 1.165) is 12.0 Å². The van der Waals surface area contributed by atoms with Gasteiger partial charge in [-0.25, -0.2) is 13.1 Å². The van der Waals surface area contributed by atoms with E-state index in [1.807, 2.05) is 27.7 Å². The lowest BCUT2D eigenvalue weighted by Gasteiger charge is -2.20. The normalized spacial score (nSPS) is 15.5. The van der Waals surface area contributed by atoms with Crippen LogP contribution in [-0.4, -0.2) is 14.5 Å². The molecule has 1 aromatic carbocycles. The average molecular weight is 284 g/mol. The van der Waals surface area contributed by atoms with Gasteiger partial charge in [0.25, 0.3) is 0 Å². The van der Waals surface area contributed by atoms with Gasteiger partial charge in [0, 0.05) is 12.1 Å². The van der Waals surface area contributed by atoms with Crippen LogP contribution in [0.3, 0.4) is 0 Å². The van der Waals surface area contributed by atoms with Crippen LogP contribution in [0.15, 0.2) is 29.2 Å². The highest BCUT2D eigenvalue weighted by atomic mass is 32.2. The third-order valence-electron chi connectivity index (χ3n) is 3.27. The predicted octanol–water partition coefficient (Wildman–Crippen LogP) is 2.42. The second-order valence-corrected chi connectivity index (χ2v) is 6.95. The van der Waals surface area contributed by atoms with E-state index in [4.69, 9.17) is 5.73 Å². The third kappa shape index (κ3) is 4.30. The molecule has 3 N–H and O–H groups in total. The van der Waals surface area contributed by atoms with Gasteiger partial charge in [0.15, 0.2) is 0 Å². The van der Waals surface area contributed by atoms with Crippen LogP contribution in [0, 0.1) is 5.92 Å². The molecule has 0 fully saturated rings. The van der Waals surface area contributed by atoms with Gasteiger partial charge in [-0.1, -0.05) is 32.9 Å². The Balaban J connectivity index is 2.94. The SMILES string of the molecule is CCC(NS(=O)(=O)c1ccc(C(C)N)cc1)C(C)C. The lowest BCUT2D eigenvalue weighted by molar-refractivity contribution is 0.437. The van der Waals surface area contributed by atoms with Gasteiger partial charge < -0.3 is 5.73 Å². The van der Waals surface area contributed by atoms with Crippen LogP contribution < -0.4 is 10.5 Å². The molecule has 0 aromatic heterocycles. The Morgan fingerprint density at radius 2 is 1.68 bits per heavy atom. The summed E-state index contributed by atoms with van der Waals surface area (Å²) >= 11 is 0. The molecule has 4 nitrogen and oxygen atoms in total. The van der Waals surface area contributed by atoms with Crippen molar-refractivity contribution in [3.8, 4) is 0 Å². The molecule has 0 aliphatic carbocycles. The number of sulfonamides is 1. The molecule has 0 spiro atoms. The molecule has 1 aromatic rings. The van der Waals surface area contributed by atoms with Crippen molar-refractivity contribution in [1.29, 1.82) is 0 Å². The number of rotatable bonds is 6. The molecule has 108 valence electrons. The van der Waals surface area contributed by atoms with Crippen molar-refractivity contribution in [2.75, 3.05) is 0 Å². The van der Waals surface area contributed by atoms with Crippen LogP contribution in [0.5, 0.6) is 0 Å². The summed E-state index contributed by atoms with van der Waals surface area (Å²) in [5.74, 6) is 0.267. The molecular weight excluding hydrogens is 260 g/mol. The summed E-state index contributed by atoms with van der Waals surface area (Å²) in [7, 11) is -3.45. The maximum Gasteiger partial charge on any atom is 0.240 e. The van der Waals surface area contributed by atoms with Crippen LogP contribution in [-0.2, 0) is 10.0 Å². The number of nitrogens with one attached hydrogen (secondary N) is 1. The molecule has 2 atom stereocenters. The van der Waals surface area contributed by atoms with Gasteiger partial charge in [0.05, 0.1) is 4.90 Å². The van der Waals surface area contributed by atoms with Gasteiger partial charge in [-0.2, -0.15) is 0 Å². The fourth-order valence-corrected chi connectivity index (χ4v) is 3.38. The first-order valence-electron chi connectivity index (χ1n) is 6.65. The first-order valence-corrected chi connectivity index (χ1v) is 8.14. The van der Waals surface area contributed by atoms with Gasteiger partial charge in [0.2, 0.25) is 10.0 Å². The first-order chi connectivity index (χ1) is 8.77. The molecule has 19 heavy (non-hydrogen) atoms. The van der Waals surface area contributed by atoms with E-state index in [1.165, 1.54) is 0 Å². The first kappa shape index (κ1) is 16.1. The topological polar surface area (TPSA) is 72.2 Å². The highest BCUT2D eigenvalue weighted by molar-refractivity contribution is 7.89. The second kappa shape index (κ2) is 6.50. The fourth-order valence-electron chi connectivity index (χ4n) is 1.91. The molecular formula is C14H24N2O2S. The molecule has 0 saturated heterocycles. The van der Waals surface area contributed by atoms with E-state index in [1.54, 1.807) is 24.3 Å². The van der Waals surface area contributed by atoms with Crippen molar-refractivity contribution in [3.05, 3.63) is 29.8 Å². The Morgan fingerprint density at radius 1 is 1.16 bits per heavy atom. The van der Waals surface area contributed by atoms with Gasteiger partial charge in [-0.15, -0.1) is 0 Å². The fraction of sp³-hybridized carbons (Fsp3) is 0.571. The summed E-state index contributed by atoms with van der Waals surface area (Å²) in [6.07, 6.45) is 0.773. The monoisotopic (exact) mass is 284 g/mol. The van der Waals surface area contributed by atoms with Crippen molar-refractivity contribution in [1.82, 2.24) is 4.72 Å². The Labute approximate surface area is 116 Å². The molecule has 0 heterocycles. The summed E-state index contributed by atoms with van der Waals surface area (Å²) in [6, 6.07) is 6.59. The second-order valence-electron chi connectivity index (χ2n) is 5.24. The largest absolute Gasteiger partial charge is 0.324 e. The number of hydrogen-bond acceptors (Lipinski definition) is 3. The van der Waals surface area contributed by atoms with Crippen LogP contribution in [0.1, 0.15) is 45.7 Å². The highest BCUT2D eigenvalue weighted by Crippen LogP contribution is 2.16. The van der Waals surface area contributed by atoms with E-state index in [9.17, 15) is 8.42 Å². The highest BCUT2D eigenvalue weighted by Gasteiger charge is 2.21. The van der Waals surface area contributed by atoms with Gasteiger partial charge >= 0.3 is 0 Å². The van der Waals surface area contributed by atoms with E-state index in [2.05, 4.69) is 4.72 Å². The summed E-state index contributed by atoms with van der Waals surface area (Å²) in [5.41, 5.74) is 6.68. The molecule has 2 unspecified atom stereocenters. The van der Waals surface area contributed by atoms with Crippen molar-refractivity contribution in [2.24, 2.45) is 11.7 Å². The average Bonchev–Trinajstić information content (AvgIpc) is 2.35. The van der Waals surface area contributed by atoms with Crippen molar-refractivity contribution in [2.45, 2.75) is 51.1 Å². The maximum absolute atomic E-state index is 12.2. The van der Waals surface area contributed by atoms with E-state index in [-0.39, 0.29) is 22.9 Å². The zero-order chi connectivity index (χ0) is 14.6. The molecule has 1 rings (SSSR count). The molecule has 0 radical (unpaired) electrons. The lowest BCUT2D eigenvalue weighted by Crippen LogP contribution is -2.37. The number of nitrogens with two attached hydrogens (primary N) is 1. The molecule has 0 saturated carbocycles. The zero-order valence-corrected chi connectivity index (χ0v) is 12.9. The standard InChI is InChI=1S/C14H24N2O2S/c1-5-14(10(2)3)16-19(17,18)13-8-6-12(7-9-13)11(4)15/h6-11,14,16H,5,15H2,1-4H3. The molecule has 5 heteroatoms. The maximum atomic E-state index is 12.2. The van der Waals surface area contributed by atoms with Crippen molar-refractivity contribution < 1.29 is 8.42 Å². The smallest absolute Gasteiger partial charge is 0.240 e. The van der Waals surface area contributed by atoms with E-state index >= 15 is 0 Å². The van der Waals surface area contributed by atoms with Crippen LogP contribution >= 0.6 is 0 Å². The van der Waals surface area contributed by atoms with Gasteiger partial charge in [-0.3, -0.25) is 0 Å².